The van der Waals surface area contributed by atoms with Crippen LogP contribution in [0.3, 0.4) is 0 Å². The average molecular weight is 297 g/mol. The van der Waals surface area contributed by atoms with Crippen LogP contribution in [0.25, 0.3) is 0 Å². The highest BCUT2D eigenvalue weighted by molar-refractivity contribution is 7.86. The van der Waals surface area contributed by atoms with Crippen molar-refractivity contribution in [2.75, 3.05) is 0 Å². The van der Waals surface area contributed by atoms with Crippen molar-refractivity contribution in [2.45, 2.75) is 11.0 Å². The third-order valence-electron chi connectivity index (χ3n) is 2.26. The molecule has 0 aromatic heterocycles. The van der Waals surface area contributed by atoms with Gasteiger partial charge in [0.15, 0.2) is 11.9 Å². The number of nitro groups is 1. The van der Waals surface area contributed by atoms with E-state index in [1.165, 1.54) is 0 Å². The van der Waals surface area contributed by atoms with Crippen molar-refractivity contribution in [3.63, 3.8) is 0 Å². The van der Waals surface area contributed by atoms with Gasteiger partial charge in [0.2, 0.25) is 0 Å². The van der Waals surface area contributed by atoms with E-state index in [2.05, 4.69) is 17.3 Å². The van der Waals surface area contributed by atoms with Crippen molar-refractivity contribution < 1.29 is 22.3 Å². The van der Waals surface area contributed by atoms with E-state index in [-0.39, 0.29) is 10.6 Å². The zero-order valence-electron chi connectivity index (χ0n) is 10.3. The molecule has 7 nitrogen and oxygen atoms in total. The molecule has 0 aliphatic rings. The molecule has 1 aromatic carbocycles. The molecule has 0 N–H and O–H groups in total. The van der Waals surface area contributed by atoms with E-state index >= 15 is 0 Å². The Morgan fingerprint density at radius 3 is 2.25 bits per heavy atom. The minimum Gasteiger partial charge on any atom is -0.291 e. The van der Waals surface area contributed by atoms with E-state index in [0.717, 1.165) is 36.4 Å². The van der Waals surface area contributed by atoms with Gasteiger partial charge in [0.25, 0.3) is 15.8 Å². The predicted octanol–water partition coefficient (Wildman–Crippen LogP) is 1.61. The number of carbonyl (C=O) groups excluding carboxylic acids is 1. The third kappa shape index (κ3) is 3.59. The second-order valence-corrected chi connectivity index (χ2v) is 5.14. The smallest absolute Gasteiger partial charge is 0.291 e. The Bertz CT molecular complexity index is 647. The molecule has 0 aliphatic heterocycles. The van der Waals surface area contributed by atoms with Crippen molar-refractivity contribution in [2.24, 2.45) is 0 Å². The maximum absolute atomic E-state index is 11.9. The van der Waals surface area contributed by atoms with Crippen molar-refractivity contribution in [1.29, 1.82) is 0 Å². The van der Waals surface area contributed by atoms with Gasteiger partial charge in [-0.15, -0.1) is 0 Å². The van der Waals surface area contributed by atoms with Gasteiger partial charge in [-0.3, -0.25) is 19.1 Å². The molecule has 0 saturated heterocycles. The number of rotatable bonds is 7. The van der Waals surface area contributed by atoms with Gasteiger partial charge in [-0.2, -0.15) is 8.42 Å². The Hall–Kier alpha value is -2.32. The number of benzene rings is 1. The highest BCUT2D eigenvalue weighted by Gasteiger charge is 2.24. The molecule has 0 fully saturated rings. The second-order valence-electron chi connectivity index (χ2n) is 3.56. The van der Waals surface area contributed by atoms with Crippen molar-refractivity contribution >= 4 is 21.6 Å². The van der Waals surface area contributed by atoms with Crippen LogP contribution in [0.5, 0.6) is 0 Å². The fourth-order valence-corrected chi connectivity index (χ4v) is 2.27. The molecule has 0 radical (unpaired) electrons. The van der Waals surface area contributed by atoms with Gasteiger partial charge in [0, 0.05) is 12.1 Å². The quantitative estimate of drug-likeness (QED) is 0.249. The van der Waals surface area contributed by atoms with Gasteiger partial charge in [0.1, 0.15) is 0 Å². The molecule has 0 bridgehead atoms. The second kappa shape index (κ2) is 6.22. The van der Waals surface area contributed by atoms with Crippen LogP contribution in [0.2, 0.25) is 0 Å². The molecule has 0 aliphatic carbocycles. The number of ketones is 1. The lowest BCUT2D eigenvalue weighted by Crippen LogP contribution is -2.23. The molecule has 106 valence electrons. The van der Waals surface area contributed by atoms with Crippen LogP contribution in [0, 0.1) is 10.1 Å². The number of nitro benzene ring substituents is 1. The largest absolute Gasteiger partial charge is 0.297 e. The molecule has 8 heteroatoms. The van der Waals surface area contributed by atoms with Crippen LogP contribution in [0.1, 0.15) is 0 Å². The summed E-state index contributed by atoms with van der Waals surface area (Å²) >= 11 is 0. The van der Waals surface area contributed by atoms with Crippen LogP contribution >= 0.6 is 0 Å². The lowest BCUT2D eigenvalue weighted by molar-refractivity contribution is -0.384. The van der Waals surface area contributed by atoms with E-state index in [1.54, 1.807) is 0 Å². The molecule has 1 rings (SSSR count). The van der Waals surface area contributed by atoms with Gasteiger partial charge >= 0.3 is 0 Å². The molecule has 0 amide bonds. The van der Waals surface area contributed by atoms with Crippen LogP contribution in [0.15, 0.2) is 54.5 Å². The Morgan fingerprint density at radius 2 is 1.85 bits per heavy atom. The number of nitrogens with zero attached hydrogens (tertiary/aromatic N) is 1. The maximum atomic E-state index is 11.9. The standard InChI is InChI=1S/C12H11NO6S/c1-3-11(14)12(4-2)19-20(17,18)10-7-5-9(6-8-10)13(15)16/h3-8,12H,1-2H2. The highest BCUT2D eigenvalue weighted by Crippen LogP contribution is 2.19. The Balaban J connectivity index is 3.04. The number of hydrogen-bond acceptors (Lipinski definition) is 6. The molecule has 20 heavy (non-hydrogen) atoms. The first-order valence-corrected chi connectivity index (χ1v) is 6.69. The Morgan fingerprint density at radius 1 is 1.30 bits per heavy atom. The molecule has 1 unspecified atom stereocenters. The summed E-state index contributed by atoms with van der Waals surface area (Å²) in [4.78, 5) is 20.8. The first kappa shape index (κ1) is 15.7. The zero-order valence-corrected chi connectivity index (χ0v) is 11.1. The van der Waals surface area contributed by atoms with Crippen molar-refractivity contribution in [1.82, 2.24) is 0 Å². The van der Waals surface area contributed by atoms with E-state index in [9.17, 15) is 23.3 Å². The fraction of sp³-hybridized carbons (Fsp3) is 0.0833. The van der Waals surface area contributed by atoms with Crippen LogP contribution in [-0.2, 0) is 19.1 Å². The summed E-state index contributed by atoms with van der Waals surface area (Å²) in [5, 5.41) is 10.5. The van der Waals surface area contributed by atoms with Crippen LogP contribution in [-0.4, -0.2) is 25.2 Å². The summed E-state index contributed by atoms with van der Waals surface area (Å²) in [6.07, 6.45) is 0.553. The van der Waals surface area contributed by atoms with Gasteiger partial charge in [-0.05, 0) is 18.2 Å². The Labute approximate surface area is 115 Å². The minimum absolute atomic E-state index is 0.258. The van der Waals surface area contributed by atoms with E-state index in [0.29, 0.717) is 0 Å². The topological polar surface area (TPSA) is 104 Å². The first-order valence-electron chi connectivity index (χ1n) is 5.28. The van der Waals surface area contributed by atoms with Crippen molar-refractivity contribution in [3.05, 3.63) is 59.7 Å². The maximum Gasteiger partial charge on any atom is 0.297 e. The minimum atomic E-state index is -4.23. The van der Waals surface area contributed by atoms with Gasteiger partial charge in [0.05, 0.1) is 9.82 Å². The SMILES string of the molecule is C=CC(=O)C(C=C)OS(=O)(=O)c1ccc([N+](=O)[O-])cc1. The van der Waals surface area contributed by atoms with Gasteiger partial charge < -0.3 is 0 Å². The van der Waals surface area contributed by atoms with Crippen LogP contribution in [0.4, 0.5) is 5.69 Å². The Kier molecular flexibility index (Phi) is 4.89. The number of hydrogen-bond donors (Lipinski definition) is 0. The van der Waals surface area contributed by atoms with Gasteiger partial charge in [-0.1, -0.05) is 19.2 Å². The van der Waals surface area contributed by atoms with E-state index < -0.39 is 26.9 Å². The summed E-state index contributed by atoms with van der Waals surface area (Å²) in [6, 6.07) is 4.08. The first-order chi connectivity index (χ1) is 9.31. The van der Waals surface area contributed by atoms with E-state index in [1.807, 2.05) is 0 Å². The molecule has 0 saturated carbocycles. The monoisotopic (exact) mass is 297 g/mol. The predicted molar refractivity (Wildman–Crippen MR) is 70.6 cm³/mol. The van der Waals surface area contributed by atoms with Crippen LogP contribution < -0.4 is 0 Å². The molecule has 1 atom stereocenters. The normalized spacial score (nSPS) is 12.4. The molecule has 0 spiro atoms. The fourth-order valence-electron chi connectivity index (χ4n) is 1.25. The molecular formula is C12H11NO6S. The summed E-state index contributed by atoms with van der Waals surface area (Å²) in [5.74, 6) is -0.662. The molecule has 0 heterocycles. The summed E-state index contributed by atoms with van der Waals surface area (Å²) < 4.78 is 28.4. The summed E-state index contributed by atoms with van der Waals surface area (Å²) in [6.45, 7) is 6.51. The van der Waals surface area contributed by atoms with Gasteiger partial charge in [-0.25, -0.2) is 0 Å². The van der Waals surface area contributed by atoms with Crippen molar-refractivity contribution in [3.8, 4) is 0 Å². The average Bonchev–Trinajstić information content (AvgIpc) is 2.44. The molecule has 1 aromatic rings. The number of non-ortho nitro benzene ring substituents is 1. The summed E-state index contributed by atoms with van der Waals surface area (Å²) in [5.41, 5.74) is -0.258. The molecular weight excluding hydrogens is 286 g/mol. The highest BCUT2D eigenvalue weighted by atomic mass is 32.2. The number of carbonyl (C=O) groups is 1. The lowest BCUT2D eigenvalue weighted by atomic mass is 10.2. The zero-order chi connectivity index (χ0) is 15.3. The lowest BCUT2D eigenvalue weighted by Gasteiger charge is -2.10. The van der Waals surface area contributed by atoms with E-state index in [4.69, 9.17) is 0 Å². The summed E-state index contributed by atoms with van der Waals surface area (Å²) in [7, 11) is -4.23. The third-order valence-corrected chi connectivity index (χ3v) is 3.57.